The first-order valence-corrected chi connectivity index (χ1v) is 8.42. The Morgan fingerprint density at radius 3 is 2.71 bits per heavy atom. The van der Waals surface area contributed by atoms with Gasteiger partial charge >= 0.3 is 0 Å². The molecule has 0 atom stereocenters. The summed E-state index contributed by atoms with van der Waals surface area (Å²) in [6.07, 6.45) is 4.13. The van der Waals surface area contributed by atoms with Crippen LogP contribution in [0.5, 0.6) is 0 Å². The lowest BCUT2D eigenvalue weighted by Crippen LogP contribution is -2.36. The van der Waals surface area contributed by atoms with E-state index in [1.807, 2.05) is 13.0 Å². The highest BCUT2D eigenvalue weighted by molar-refractivity contribution is 7.89. The predicted molar refractivity (Wildman–Crippen MR) is 83.5 cm³/mol. The van der Waals surface area contributed by atoms with Gasteiger partial charge in [-0.1, -0.05) is 23.3 Å². The summed E-state index contributed by atoms with van der Waals surface area (Å²) in [6.45, 7) is 5.11. The van der Waals surface area contributed by atoms with E-state index in [1.165, 1.54) is 5.57 Å². The fourth-order valence-corrected chi connectivity index (χ4v) is 4.33. The molecule has 0 amide bonds. The van der Waals surface area contributed by atoms with Crippen LogP contribution in [0.4, 0.5) is 0 Å². The molecule has 1 aromatic heterocycles. The van der Waals surface area contributed by atoms with Crippen molar-refractivity contribution in [3.8, 4) is 0 Å². The van der Waals surface area contributed by atoms with Crippen LogP contribution in [0.1, 0.15) is 20.3 Å². The molecule has 0 spiro atoms. The second-order valence-corrected chi connectivity index (χ2v) is 7.41. The average Bonchev–Trinajstić information content (AvgIpc) is 2.49. The Kier molecular flexibility index (Phi) is 3.55. The van der Waals surface area contributed by atoms with Crippen LogP contribution in [0.2, 0.25) is 0 Å². The van der Waals surface area contributed by atoms with Gasteiger partial charge in [-0.05, 0) is 32.4 Å². The van der Waals surface area contributed by atoms with Crippen LogP contribution >= 0.6 is 0 Å². The molecule has 0 N–H and O–H groups in total. The van der Waals surface area contributed by atoms with Crippen LogP contribution in [-0.4, -0.2) is 30.8 Å². The van der Waals surface area contributed by atoms with Gasteiger partial charge in [-0.3, -0.25) is 4.98 Å². The number of hydrogen-bond donors (Lipinski definition) is 0. The van der Waals surface area contributed by atoms with Crippen LogP contribution in [0.15, 0.2) is 52.7 Å². The summed E-state index contributed by atoms with van der Waals surface area (Å²) in [4.78, 5) is 4.42. The minimum Gasteiger partial charge on any atom is -0.264 e. The van der Waals surface area contributed by atoms with E-state index >= 15 is 0 Å². The van der Waals surface area contributed by atoms with Gasteiger partial charge in [0.15, 0.2) is 0 Å². The van der Waals surface area contributed by atoms with E-state index < -0.39 is 10.0 Å². The second kappa shape index (κ2) is 5.24. The first-order chi connectivity index (χ1) is 10.00. The van der Waals surface area contributed by atoms with Gasteiger partial charge in [0.05, 0.1) is 4.90 Å². The first kappa shape index (κ1) is 14.2. The number of pyridine rings is 1. The number of rotatable bonds is 2. The summed E-state index contributed by atoms with van der Waals surface area (Å²) in [5.41, 5.74) is 2.44. The molecule has 2 heterocycles. The molecule has 1 aliphatic rings. The molecule has 3 rings (SSSR count). The molecule has 0 saturated carbocycles. The molecule has 110 valence electrons. The molecule has 0 fully saturated rings. The molecule has 0 saturated heterocycles. The smallest absolute Gasteiger partial charge is 0.243 e. The molecule has 1 aliphatic heterocycles. The van der Waals surface area contributed by atoms with E-state index in [-0.39, 0.29) is 0 Å². The van der Waals surface area contributed by atoms with E-state index in [1.54, 1.807) is 34.9 Å². The number of nitrogens with zero attached hydrogens (tertiary/aromatic N) is 2. The highest BCUT2D eigenvalue weighted by Gasteiger charge is 2.28. The van der Waals surface area contributed by atoms with E-state index in [0.29, 0.717) is 18.0 Å². The van der Waals surface area contributed by atoms with Crippen molar-refractivity contribution in [1.82, 2.24) is 9.29 Å². The fourth-order valence-electron chi connectivity index (χ4n) is 2.65. The average molecular weight is 302 g/mol. The van der Waals surface area contributed by atoms with Gasteiger partial charge < -0.3 is 0 Å². The number of aromatic nitrogens is 1. The van der Waals surface area contributed by atoms with Crippen molar-refractivity contribution in [2.75, 3.05) is 13.1 Å². The zero-order valence-corrected chi connectivity index (χ0v) is 13.0. The van der Waals surface area contributed by atoms with Crippen molar-refractivity contribution in [2.45, 2.75) is 25.2 Å². The topological polar surface area (TPSA) is 50.3 Å². The molecule has 4 nitrogen and oxygen atoms in total. The normalized spacial score (nSPS) is 17.4. The van der Waals surface area contributed by atoms with Crippen molar-refractivity contribution in [3.05, 3.63) is 47.8 Å². The van der Waals surface area contributed by atoms with Gasteiger partial charge in [0.2, 0.25) is 10.0 Å². The number of hydrogen-bond acceptors (Lipinski definition) is 3. The zero-order valence-electron chi connectivity index (χ0n) is 12.2. The Bertz CT molecular complexity index is 820. The molecule has 2 aromatic rings. The van der Waals surface area contributed by atoms with Crippen molar-refractivity contribution < 1.29 is 8.42 Å². The van der Waals surface area contributed by atoms with E-state index in [4.69, 9.17) is 0 Å². The maximum atomic E-state index is 12.9. The third kappa shape index (κ3) is 2.47. The van der Waals surface area contributed by atoms with E-state index in [0.717, 1.165) is 22.8 Å². The van der Waals surface area contributed by atoms with Gasteiger partial charge in [-0.2, -0.15) is 4.31 Å². The number of fused-ring (bicyclic) bond motifs is 1. The minimum atomic E-state index is -3.47. The van der Waals surface area contributed by atoms with Crippen LogP contribution in [0.3, 0.4) is 0 Å². The largest absolute Gasteiger partial charge is 0.264 e. The SMILES string of the molecule is CC1=C(C)CN(S(=O)(=O)c2cccc3cnccc23)CC1. The van der Waals surface area contributed by atoms with Crippen molar-refractivity contribution in [1.29, 1.82) is 0 Å². The van der Waals surface area contributed by atoms with Crippen LogP contribution in [0, 0.1) is 0 Å². The van der Waals surface area contributed by atoms with E-state index in [2.05, 4.69) is 11.9 Å². The van der Waals surface area contributed by atoms with E-state index in [9.17, 15) is 8.42 Å². The van der Waals surface area contributed by atoms with Gasteiger partial charge in [0.25, 0.3) is 0 Å². The monoisotopic (exact) mass is 302 g/mol. The zero-order chi connectivity index (χ0) is 15.0. The summed E-state index contributed by atoms with van der Waals surface area (Å²) >= 11 is 0. The summed E-state index contributed by atoms with van der Waals surface area (Å²) in [7, 11) is -3.47. The van der Waals surface area contributed by atoms with Gasteiger partial charge in [0.1, 0.15) is 0 Å². The Morgan fingerprint density at radius 1 is 1.14 bits per heavy atom. The van der Waals surface area contributed by atoms with Crippen LogP contribution < -0.4 is 0 Å². The lowest BCUT2D eigenvalue weighted by molar-refractivity contribution is 0.421. The van der Waals surface area contributed by atoms with Gasteiger partial charge in [-0.15, -0.1) is 0 Å². The summed E-state index contributed by atoms with van der Waals surface area (Å²) < 4.78 is 27.4. The molecular formula is C16H18N2O2S. The Balaban J connectivity index is 2.10. The van der Waals surface area contributed by atoms with Crippen LogP contribution in [0.25, 0.3) is 10.8 Å². The molecular weight excluding hydrogens is 284 g/mol. The Hall–Kier alpha value is -1.72. The molecule has 0 radical (unpaired) electrons. The quantitative estimate of drug-likeness (QED) is 0.801. The van der Waals surface area contributed by atoms with Crippen molar-refractivity contribution >= 4 is 20.8 Å². The number of benzene rings is 1. The minimum absolute atomic E-state index is 0.370. The molecule has 1 aromatic carbocycles. The highest BCUT2D eigenvalue weighted by Crippen LogP contribution is 2.28. The Morgan fingerprint density at radius 2 is 1.95 bits per heavy atom. The third-order valence-corrected chi connectivity index (χ3v) is 6.04. The lowest BCUT2D eigenvalue weighted by Gasteiger charge is -2.28. The van der Waals surface area contributed by atoms with Crippen molar-refractivity contribution in [3.63, 3.8) is 0 Å². The Labute approximate surface area is 125 Å². The first-order valence-electron chi connectivity index (χ1n) is 6.98. The molecule has 0 bridgehead atoms. The summed E-state index contributed by atoms with van der Waals surface area (Å²) in [5.74, 6) is 0. The van der Waals surface area contributed by atoms with Crippen LogP contribution in [-0.2, 0) is 10.0 Å². The lowest BCUT2D eigenvalue weighted by atomic mass is 10.1. The van der Waals surface area contributed by atoms with Gasteiger partial charge in [0, 0.05) is 36.3 Å². The highest BCUT2D eigenvalue weighted by atomic mass is 32.2. The standard InChI is InChI=1S/C16H18N2O2S/c1-12-7-9-18(11-13(12)2)21(19,20)16-5-3-4-14-10-17-8-6-15(14)16/h3-6,8,10H,7,9,11H2,1-2H3. The predicted octanol–water partition coefficient (Wildman–Crippen LogP) is 2.97. The van der Waals surface area contributed by atoms with Crippen molar-refractivity contribution in [2.24, 2.45) is 0 Å². The number of sulfonamides is 1. The second-order valence-electron chi connectivity index (χ2n) is 5.50. The maximum Gasteiger partial charge on any atom is 0.243 e. The molecule has 5 heteroatoms. The molecule has 0 aliphatic carbocycles. The summed E-state index contributed by atoms with van der Waals surface area (Å²) in [6, 6.07) is 7.10. The molecule has 21 heavy (non-hydrogen) atoms. The van der Waals surface area contributed by atoms with Gasteiger partial charge in [-0.25, -0.2) is 8.42 Å². The third-order valence-electron chi connectivity index (χ3n) is 4.14. The fraction of sp³-hybridized carbons (Fsp3) is 0.312. The molecule has 0 unspecified atom stereocenters. The summed E-state index contributed by atoms with van der Waals surface area (Å²) in [5, 5.41) is 1.58. The maximum absolute atomic E-state index is 12.9.